The summed E-state index contributed by atoms with van der Waals surface area (Å²) in [6.45, 7) is 1.67. The maximum Gasteiger partial charge on any atom is 0.338 e. The zero-order valence-corrected chi connectivity index (χ0v) is 17.1. The molecule has 4 rings (SSSR count). The number of nitro groups is 1. The van der Waals surface area contributed by atoms with Crippen molar-refractivity contribution in [1.82, 2.24) is 4.90 Å². The van der Waals surface area contributed by atoms with E-state index in [4.69, 9.17) is 4.74 Å². The van der Waals surface area contributed by atoms with E-state index in [1.54, 1.807) is 0 Å². The highest BCUT2D eigenvalue weighted by Crippen LogP contribution is 2.31. The van der Waals surface area contributed by atoms with E-state index in [-0.39, 0.29) is 11.8 Å². The van der Waals surface area contributed by atoms with E-state index < -0.39 is 10.9 Å². The fourth-order valence-corrected chi connectivity index (χ4v) is 3.82. The maximum absolute atomic E-state index is 12.4. The molecule has 0 saturated heterocycles. The Morgan fingerprint density at radius 2 is 1.39 bits per heavy atom. The molecule has 0 atom stereocenters. The first-order valence-corrected chi connectivity index (χ1v) is 10.4. The van der Waals surface area contributed by atoms with Gasteiger partial charge in [-0.2, -0.15) is 0 Å². The number of ether oxygens (including phenoxy) is 1. The van der Waals surface area contributed by atoms with Gasteiger partial charge in [0.1, 0.15) is 6.10 Å². The Hall–Kier alpha value is -3.51. The van der Waals surface area contributed by atoms with E-state index >= 15 is 0 Å². The number of hydrogen-bond donors (Lipinski definition) is 0. The minimum Gasteiger partial charge on any atom is -0.459 e. The van der Waals surface area contributed by atoms with E-state index in [2.05, 4.69) is 29.2 Å². The van der Waals surface area contributed by atoms with Crippen LogP contribution in [0.1, 0.15) is 34.3 Å². The van der Waals surface area contributed by atoms with Gasteiger partial charge < -0.3 is 4.74 Å². The number of nitrogens with zero attached hydrogens (tertiary/aromatic N) is 2. The van der Waals surface area contributed by atoms with Crippen LogP contribution in [0.25, 0.3) is 0 Å². The number of carbonyl (C=O) groups excluding carboxylic acids is 1. The lowest BCUT2D eigenvalue weighted by Crippen LogP contribution is -2.48. The van der Waals surface area contributed by atoms with Gasteiger partial charge in [-0.3, -0.25) is 15.0 Å². The summed E-state index contributed by atoms with van der Waals surface area (Å²) in [6, 6.07) is 26.6. The number of esters is 1. The van der Waals surface area contributed by atoms with Crippen molar-refractivity contribution < 1.29 is 14.5 Å². The van der Waals surface area contributed by atoms with Gasteiger partial charge in [0.15, 0.2) is 0 Å². The van der Waals surface area contributed by atoms with Crippen molar-refractivity contribution in [1.29, 1.82) is 0 Å². The van der Waals surface area contributed by atoms with Crippen LogP contribution >= 0.6 is 0 Å². The summed E-state index contributed by atoms with van der Waals surface area (Å²) in [5.74, 6) is -0.434. The minimum absolute atomic E-state index is 0.0438. The predicted molar refractivity (Wildman–Crippen MR) is 117 cm³/mol. The summed E-state index contributed by atoms with van der Waals surface area (Å²) >= 11 is 0. The lowest BCUT2D eigenvalue weighted by atomic mass is 9.87. The molecule has 1 aliphatic carbocycles. The third-order valence-electron chi connectivity index (χ3n) is 5.63. The van der Waals surface area contributed by atoms with Crippen molar-refractivity contribution in [2.45, 2.75) is 38.1 Å². The van der Waals surface area contributed by atoms with Crippen LogP contribution in [0.2, 0.25) is 0 Å². The van der Waals surface area contributed by atoms with Crippen molar-refractivity contribution >= 4 is 11.7 Å². The van der Waals surface area contributed by atoms with Crippen LogP contribution in [0, 0.1) is 10.1 Å². The Balaban J connectivity index is 1.36. The number of nitro benzene ring substituents is 1. The molecule has 1 aliphatic rings. The second-order valence-corrected chi connectivity index (χ2v) is 7.83. The summed E-state index contributed by atoms with van der Waals surface area (Å²) in [5, 5.41) is 10.8. The number of rotatable bonds is 8. The monoisotopic (exact) mass is 416 g/mol. The van der Waals surface area contributed by atoms with Gasteiger partial charge in [0.2, 0.25) is 0 Å². The molecule has 31 heavy (non-hydrogen) atoms. The van der Waals surface area contributed by atoms with Crippen LogP contribution in [-0.2, 0) is 17.8 Å². The Labute approximate surface area is 181 Å². The Bertz CT molecular complexity index is 975. The lowest BCUT2D eigenvalue weighted by molar-refractivity contribution is -0.384. The van der Waals surface area contributed by atoms with Gasteiger partial charge in [0.05, 0.1) is 10.5 Å². The minimum atomic E-state index is -0.486. The topological polar surface area (TPSA) is 72.7 Å². The molecular weight excluding hydrogens is 392 g/mol. The molecule has 6 heteroatoms. The molecule has 1 fully saturated rings. The zero-order chi connectivity index (χ0) is 21.6. The third kappa shape index (κ3) is 5.35. The van der Waals surface area contributed by atoms with Gasteiger partial charge in [-0.1, -0.05) is 60.7 Å². The molecule has 0 aliphatic heterocycles. The van der Waals surface area contributed by atoms with Crippen molar-refractivity contribution in [2.24, 2.45) is 0 Å². The van der Waals surface area contributed by atoms with E-state index in [0.29, 0.717) is 11.6 Å². The number of hydrogen-bond acceptors (Lipinski definition) is 5. The first-order chi connectivity index (χ1) is 15.1. The first kappa shape index (κ1) is 20.8. The quantitative estimate of drug-likeness (QED) is 0.294. The number of non-ortho nitro benzene ring substituents is 1. The normalized spacial score (nSPS) is 17.7. The molecule has 0 bridgehead atoms. The second-order valence-electron chi connectivity index (χ2n) is 7.83. The van der Waals surface area contributed by atoms with Crippen molar-refractivity contribution in [3.05, 3.63) is 112 Å². The Morgan fingerprint density at radius 3 is 1.87 bits per heavy atom. The molecule has 6 nitrogen and oxygen atoms in total. The summed E-state index contributed by atoms with van der Waals surface area (Å²) in [7, 11) is 0. The van der Waals surface area contributed by atoms with E-state index in [9.17, 15) is 14.9 Å². The van der Waals surface area contributed by atoms with Crippen LogP contribution in [0.4, 0.5) is 5.69 Å². The van der Waals surface area contributed by atoms with Gasteiger partial charge in [-0.05, 0) is 23.3 Å². The molecule has 0 spiro atoms. The molecule has 0 aromatic heterocycles. The molecule has 0 amide bonds. The average molecular weight is 416 g/mol. The highest BCUT2D eigenvalue weighted by atomic mass is 16.6. The number of benzene rings is 3. The zero-order valence-electron chi connectivity index (χ0n) is 17.1. The summed E-state index contributed by atoms with van der Waals surface area (Å²) < 4.78 is 5.62. The largest absolute Gasteiger partial charge is 0.459 e. The molecule has 0 N–H and O–H groups in total. The average Bonchev–Trinajstić information content (AvgIpc) is 2.77. The smallest absolute Gasteiger partial charge is 0.338 e. The van der Waals surface area contributed by atoms with Gasteiger partial charge in [-0.25, -0.2) is 4.79 Å². The molecule has 0 unspecified atom stereocenters. The Kier molecular flexibility index (Phi) is 6.38. The highest BCUT2D eigenvalue weighted by molar-refractivity contribution is 5.89. The predicted octanol–water partition coefficient (Wildman–Crippen LogP) is 4.99. The molecule has 1 saturated carbocycles. The highest BCUT2D eigenvalue weighted by Gasteiger charge is 2.36. The second kappa shape index (κ2) is 9.53. The Morgan fingerprint density at radius 1 is 0.871 bits per heavy atom. The van der Waals surface area contributed by atoms with Crippen LogP contribution in [0.15, 0.2) is 84.9 Å². The van der Waals surface area contributed by atoms with E-state index in [0.717, 1.165) is 25.9 Å². The maximum atomic E-state index is 12.4. The van der Waals surface area contributed by atoms with Gasteiger partial charge in [0, 0.05) is 44.1 Å². The summed E-state index contributed by atoms with van der Waals surface area (Å²) in [4.78, 5) is 25.1. The van der Waals surface area contributed by atoms with Crippen molar-refractivity contribution in [3.8, 4) is 0 Å². The van der Waals surface area contributed by atoms with E-state index in [1.807, 2.05) is 36.4 Å². The molecule has 3 aromatic rings. The molecule has 3 aromatic carbocycles. The van der Waals surface area contributed by atoms with Crippen molar-refractivity contribution in [2.75, 3.05) is 0 Å². The fraction of sp³-hybridized carbons (Fsp3) is 0.240. The summed E-state index contributed by atoms with van der Waals surface area (Å²) in [6.07, 6.45) is 1.42. The van der Waals surface area contributed by atoms with Crippen LogP contribution in [-0.4, -0.2) is 27.9 Å². The van der Waals surface area contributed by atoms with Gasteiger partial charge in [-0.15, -0.1) is 0 Å². The lowest BCUT2D eigenvalue weighted by Gasteiger charge is -2.42. The van der Waals surface area contributed by atoms with Crippen molar-refractivity contribution in [3.63, 3.8) is 0 Å². The van der Waals surface area contributed by atoms with Crippen LogP contribution in [0.3, 0.4) is 0 Å². The summed E-state index contributed by atoms with van der Waals surface area (Å²) in [5.41, 5.74) is 2.80. The third-order valence-corrected chi connectivity index (χ3v) is 5.63. The van der Waals surface area contributed by atoms with Gasteiger partial charge >= 0.3 is 5.97 Å². The fourth-order valence-electron chi connectivity index (χ4n) is 3.82. The standard InChI is InChI=1S/C25H24N2O4/c28-25(21-11-13-22(14-12-21)27(29)30)31-24-15-23(16-24)26(17-19-7-3-1-4-8-19)18-20-9-5-2-6-10-20/h1-14,23-24H,15-18H2. The molecule has 0 heterocycles. The van der Waals surface area contributed by atoms with Gasteiger partial charge in [0.25, 0.3) is 5.69 Å². The SMILES string of the molecule is O=C(OC1CC(N(Cc2ccccc2)Cc2ccccc2)C1)c1ccc([N+](=O)[O-])cc1. The van der Waals surface area contributed by atoms with E-state index in [1.165, 1.54) is 35.4 Å². The number of carbonyl (C=O) groups is 1. The first-order valence-electron chi connectivity index (χ1n) is 10.4. The van der Waals surface area contributed by atoms with Crippen LogP contribution in [0.5, 0.6) is 0 Å². The molecular formula is C25H24N2O4. The molecule has 158 valence electrons. The molecule has 0 radical (unpaired) electrons. The van der Waals surface area contributed by atoms with Crippen LogP contribution < -0.4 is 0 Å².